The molecular weight excluding hydrogens is 509 g/mol. The highest BCUT2D eigenvalue weighted by molar-refractivity contribution is 6.66. The Morgan fingerprint density at radius 3 is 1.05 bits per heavy atom. The van der Waals surface area contributed by atoms with Gasteiger partial charge in [-0.15, -0.1) is 0 Å². The normalized spacial score (nSPS) is 14.1. The molecule has 0 saturated carbocycles. The van der Waals surface area contributed by atoms with Crippen molar-refractivity contribution in [2.75, 3.05) is 26.4 Å². The summed E-state index contributed by atoms with van der Waals surface area (Å²) in [7, 11) is -3.88. The van der Waals surface area contributed by atoms with Crippen LogP contribution in [0.4, 0.5) is 0 Å². The third kappa shape index (κ3) is 19.1. The van der Waals surface area contributed by atoms with Crippen LogP contribution in [0, 0.1) is 11.8 Å². The van der Waals surface area contributed by atoms with E-state index >= 15 is 0 Å². The zero-order valence-corrected chi connectivity index (χ0v) is 28.8. The highest BCUT2D eigenvalue weighted by Gasteiger charge is 2.30. The Morgan fingerprint density at radius 2 is 0.763 bits per heavy atom. The third-order valence-electron chi connectivity index (χ3n) is 7.81. The molecule has 0 aliphatic heterocycles. The maximum atomic E-state index is 12.8. The fraction of sp³-hybridized carbons (Fsp3) is 0.968. The molecule has 0 aromatic heterocycles. The van der Waals surface area contributed by atoms with Gasteiger partial charge in [-0.1, -0.05) is 90.9 Å². The first-order valence-corrected chi connectivity index (χ1v) is 21.3. The quantitative estimate of drug-likeness (QED) is 0.0688. The van der Waals surface area contributed by atoms with Crippen LogP contribution in [0.15, 0.2) is 0 Å². The SMILES string of the molecule is CCO[Si](C)(CCCCCCCCC(C)C(=O)C(C)CCCCCCCC[Si](C)(OCC)OCC)OCC. The van der Waals surface area contributed by atoms with Crippen molar-refractivity contribution in [2.45, 2.75) is 157 Å². The Hall–Kier alpha value is -0.0562. The van der Waals surface area contributed by atoms with Gasteiger partial charge in [-0.3, -0.25) is 4.79 Å². The van der Waals surface area contributed by atoms with Crippen molar-refractivity contribution in [2.24, 2.45) is 11.8 Å². The molecule has 0 amide bonds. The van der Waals surface area contributed by atoms with Crippen molar-refractivity contribution >= 4 is 22.9 Å². The van der Waals surface area contributed by atoms with Gasteiger partial charge in [0.2, 0.25) is 0 Å². The van der Waals surface area contributed by atoms with Gasteiger partial charge >= 0.3 is 17.1 Å². The van der Waals surface area contributed by atoms with Gasteiger partial charge in [0.1, 0.15) is 5.78 Å². The lowest BCUT2D eigenvalue weighted by atomic mass is 9.88. The number of carbonyl (C=O) groups excluding carboxylic acids is 1. The molecule has 0 radical (unpaired) electrons. The molecule has 0 rings (SSSR count). The number of hydrogen-bond donors (Lipinski definition) is 0. The zero-order valence-electron chi connectivity index (χ0n) is 26.8. The molecule has 0 saturated heterocycles. The fourth-order valence-corrected chi connectivity index (χ4v) is 10.5. The summed E-state index contributed by atoms with van der Waals surface area (Å²) in [6, 6.07) is 2.20. The van der Waals surface area contributed by atoms with Crippen LogP contribution in [0.25, 0.3) is 0 Å². The molecule has 5 nitrogen and oxygen atoms in total. The molecule has 0 bridgehead atoms. The first kappa shape index (κ1) is 37.9. The minimum absolute atomic E-state index is 0.211. The standard InChI is InChI=1S/C31H66O5Si2/c1-9-33-37(7,34-10-2)27-23-19-15-13-17-21-25-29(5)31(32)30(6)26-22-18-14-16-20-24-28-38(8,35-11-3)36-12-4/h29-30H,9-28H2,1-8H3. The molecule has 38 heavy (non-hydrogen) atoms. The Bertz CT molecular complexity index is 502. The van der Waals surface area contributed by atoms with Crippen LogP contribution in [0.5, 0.6) is 0 Å². The van der Waals surface area contributed by atoms with Crippen molar-refractivity contribution < 1.29 is 22.5 Å². The summed E-state index contributed by atoms with van der Waals surface area (Å²) < 4.78 is 23.7. The monoisotopic (exact) mass is 574 g/mol. The summed E-state index contributed by atoms with van der Waals surface area (Å²) in [6.07, 6.45) is 17.0. The van der Waals surface area contributed by atoms with E-state index < -0.39 is 17.1 Å². The molecule has 0 fully saturated rings. The first-order valence-electron chi connectivity index (χ1n) is 16.3. The average Bonchev–Trinajstić information content (AvgIpc) is 2.87. The van der Waals surface area contributed by atoms with Gasteiger partial charge in [0.05, 0.1) is 0 Å². The summed E-state index contributed by atoms with van der Waals surface area (Å²) in [6.45, 7) is 20.0. The molecule has 0 N–H and O–H groups in total. The van der Waals surface area contributed by atoms with Gasteiger partial charge in [0.25, 0.3) is 0 Å². The van der Waals surface area contributed by atoms with Gasteiger partial charge in [-0.25, -0.2) is 0 Å². The molecule has 0 aromatic rings. The van der Waals surface area contributed by atoms with Gasteiger partial charge in [-0.2, -0.15) is 0 Å². The smallest absolute Gasteiger partial charge is 0.334 e. The number of unbranched alkanes of at least 4 members (excludes halogenated alkanes) is 10. The number of Topliss-reactive ketones (excluding diaryl/α,β-unsaturated/α-hetero) is 1. The van der Waals surface area contributed by atoms with Crippen LogP contribution >= 0.6 is 0 Å². The molecular formula is C31H66O5Si2. The van der Waals surface area contributed by atoms with Crippen LogP contribution < -0.4 is 0 Å². The lowest BCUT2D eigenvalue weighted by Gasteiger charge is -2.25. The maximum Gasteiger partial charge on any atom is 0.334 e. The van der Waals surface area contributed by atoms with Gasteiger partial charge in [-0.05, 0) is 65.7 Å². The number of hydrogen-bond acceptors (Lipinski definition) is 5. The van der Waals surface area contributed by atoms with Crippen molar-refractivity contribution in [3.05, 3.63) is 0 Å². The second-order valence-electron chi connectivity index (χ2n) is 11.5. The van der Waals surface area contributed by atoms with Crippen molar-refractivity contribution in [3.63, 3.8) is 0 Å². The predicted octanol–water partition coefficient (Wildman–Crippen LogP) is 9.58. The zero-order chi connectivity index (χ0) is 28.7. The largest absolute Gasteiger partial charge is 0.395 e. The van der Waals surface area contributed by atoms with E-state index in [1.54, 1.807) is 0 Å². The van der Waals surface area contributed by atoms with Crippen LogP contribution in [0.3, 0.4) is 0 Å². The van der Waals surface area contributed by atoms with E-state index in [2.05, 4.69) is 54.6 Å². The highest BCUT2D eigenvalue weighted by atomic mass is 28.4. The van der Waals surface area contributed by atoms with Crippen molar-refractivity contribution in [1.29, 1.82) is 0 Å². The Morgan fingerprint density at radius 1 is 0.500 bits per heavy atom. The minimum Gasteiger partial charge on any atom is -0.395 e. The number of carbonyl (C=O) groups is 1. The minimum atomic E-state index is -1.94. The van der Waals surface area contributed by atoms with E-state index in [1.807, 2.05) is 0 Å². The third-order valence-corrected chi connectivity index (χ3v) is 13.9. The molecule has 0 aliphatic rings. The van der Waals surface area contributed by atoms with Crippen LogP contribution in [-0.4, -0.2) is 49.3 Å². The van der Waals surface area contributed by atoms with Gasteiger partial charge in [0.15, 0.2) is 0 Å². The summed E-state index contributed by atoms with van der Waals surface area (Å²) in [5.74, 6) is 0.906. The van der Waals surface area contributed by atoms with E-state index in [0.29, 0.717) is 5.78 Å². The van der Waals surface area contributed by atoms with E-state index in [1.165, 1.54) is 77.0 Å². The molecule has 0 spiro atoms. The van der Waals surface area contributed by atoms with Crippen LogP contribution in [0.2, 0.25) is 25.2 Å². The molecule has 2 unspecified atom stereocenters. The maximum absolute atomic E-state index is 12.8. The molecule has 7 heteroatoms. The van der Waals surface area contributed by atoms with E-state index in [-0.39, 0.29) is 11.8 Å². The number of rotatable bonds is 28. The summed E-state index contributed by atoms with van der Waals surface area (Å²) >= 11 is 0. The van der Waals surface area contributed by atoms with Gasteiger partial charge < -0.3 is 17.7 Å². The predicted molar refractivity (Wildman–Crippen MR) is 167 cm³/mol. The van der Waals surface area contributed by atoms with E-state index in [4.69, 9.17) is 17.7 Å². The van der Waals surface area contributed by atoms with Crippen LogP contribution in [-0.2, 0) is 22.5 Å². The summed E-state index contributed by atoms with van der Waals surface area (Å²) in [5, 5.41) is 0. The number of ketones is 1. The molecule has 228 valence electrons. The Labute approximate surface area is 240 Å². The van der Waals surface area contributed by atoms with E-state index in [9.17, 15) is 4.79 Å². The van der Waals surface area contributed by atoms with E-state index in [0.717, 1.165) is 51.4 Å². The topological polar surface area (TPSA) is 54.0 Å². The summed E-state index contributed by atoms with van der Waals surface area (Å²) in [4.78, 5) is 12.8. The summed E-state index contributed by atoms with van der Waals surface area (Å²) in [5.41, 5.74) is 0. The molecule has 0 aliphatic carbocycles. The van der Waals surface area contributed by atoms with Crippen molar-refractivity contribution in [1.82, 2.24) is 0 Å². The molecule has 0 aromatic carbocycles. The first-order chi connectivity index (χ1) is 18.2. The van der Waals surface area contributed by atoms with Crippen LogP contribution in [0.1, 0.15) is 131 Å². The molecule has 0 heterocycles. The average molecular weight is 575 g/mol. The fourth-order valence-electron chi connectivity index (χ4n) is 5.57. The second kappa shape index (κ2) is 23.6. The second-order valence-corrected chi connectivity index (χ2v) is 18.2. The van der Waals surface area contributed by atoms with Gasteiger partial charge in [0, 0.05) is 38.3 Å². The Balaban J connectivity index is 3.81. The lowest BCUT2D eigenvalue weighted by molar-refractivity contribution is -0.126. The van der Waals surface area contributed by atoms with Crippen molar-refractivity contribution in [3.8, 4) is 0 Å². The lowest BCUT2D eigenvalue weighted by Crippen LogP contribution is -2.38. The molecule has 2 atom stereocenters. The highest BCUT2D eigenvalue weighted by Crippen LogP contribution is 2.23. The Kier molecular flexibility index (Phi) is 23.6.